The van der Waals surface area contributed by atoms with Crippen molar-refractivity contribution in [2.24, 2.45) is 0 Å². The second-order valence-electron chi connectivity index (χ2n) is 3.71. The van der Waals surface area contributed by atoms with Gasteiger partial charge in [-0.15, -0.1) is 0 Å². The first-order chi connectivity index (χ1) is 8.94. The summed E-state index contributed by atoms with van der Waals surface area (Å²) in [5.41, 5.74) is 0.467. The average molecular weight is 302 g/mol. The summed E-state index contributed by atoms with van der Waals surface area (Å²) in [6.07, 6.45) is 1.15. The van der Waals surface area contributed by atoms with Crippen molar-refractivity contribution in [2.75, 3.05) is 4.72 Å². The number of sulfonamides is 1. The van der Waals surface area contributed by atoms with E-state index in [1.165, 1.54) is 30.3 Å². The van der Waals surface area contributed by atoms with E-state index in [0.717, 1.165) is 6.33 Å². The van der Waals surface area contributed by atoms with Gasteiger partial charge in [0.2, 0.25) is 10.0 Å². The molecule has 0 saturated carbocycles. The van der Waals surface area contributed by atoms with Crippen LogP contribution in [-0.4, -0.2) is 18.4 Å². The first-order valence-electron chi connectivity index (χ1n) is 5.17. The molecule has 1 heterocycles. The topological polar surface area (TPSA) is 72.0 Å². The Balaban J connectivity index is 2.13. The lowest BCUT2D eigenvalue weighted by Crippen LogP contribution is -2.16. The second-order valence-corrected chi connectivity index (χ2v) is 5.82. The molecular weight excluding hydrogens is 293 g/mol. The molecule has 0 radical (unpaired) electrons. The third-order valence-electron chi connectivity index (χ3n) is 2.16. The Morgan fingerprint density at radius 1 is 1.21 bits per heavy atom. The zero-order chi connectivity index (χ0) is 13.9. The molecule has 0 unspecified atom stereocenters. The van der Waals surface area contributed by atoms with Gasteiger partial charge in [-0.3, -0.25) is 4.72 Å². The Bertz CT molecular complexity index is 677. The van der Waals surface area contributed by atoms with E-state index in [0.29, 0.717) is 5.56 Å². The van der Waals surface area contributed by atoms with Crippen LogP contribution in [0, 0.1) is 5.82 Å². The number of halogens is 2. The molecule has 8 heteroatoms. The molecule has 5 nitrogen and oxygen atoms in total. The Morgan fingerprint density at radius 2 is 1.89 bits per heavy atom. The molecule has 0 atom stereocenters. The van der Waals surface area contributed by atoms with E-state index in [2.05, 4.69) is 14.7 Å². The molecule has 0 aliphatic carbocycles. The fraction of sp³-hybridized carbons (Fsp3) is 0.0909. The summed E-state index contributed by atoms with van der Waals surface area (Å²) in [7, 11) is -3.64. The lowest BCUT2D eigenvalue weighted by Gasteiger charge is -2.07. The van der Waals surface area contributed by atoms with Crippen molar-refractivity contribution in [1.29, 1.82) is 0 Å². The van der Waals surface area contributed by atoms with Crippen LogP contribution in [0.25, 0.3) is 0 Å². The van der Waals surface area contributed by atoms with Crippen LogP contribution in [0.4, 0.5) is 10.2 Å². The number of nitrogens with one attached hydrogen (secondary N) is 1. The molecule has 2 aromatic rings. The third kappa shape index (κ3) is 4.15. The zero-order valence-corrected chi connectivity index (χ0v) is 11.1. The molecule has 0 amide bonds. The van der Waals surface area contributed by atoms with E-state index in [9.17, 15) is 12.8 Å². The first kappa shape index (κ1) is 13.7. The largest absolute Gasteiger partial charge is 0.267 e. The van der Waals surface area contributed by atoms with E-state index in [4.69, 9.17) is 11.6 Å². The van der Waals surface area contributed by atoms with Gasteiger partial charge in [-0.2, -0.15) is 0 Å². The van der Waals surface area contributed by atoms with Crippen LogP contribution < -0.4 is 4.72 Å². The van der Waals surface area contributed by atoms with Crippen molar-refractivity contribution >= 4 is 27.4 Å². The van der Waals surface area contributed by atoms with Gasteiger partial charge in [-0.05, 0) is 17.7 Å². The number of hydrogen-bond donors (Lipinski definition) is 1. The average Bonchev–Trinajstić information content (AvgIpc) is 2.31. The highest BCUT2D eigenvalue weighted by molar-refractivity contribution is 7.91. The van der Waals surface area contributed by atoms with E-state index < -0.39 is 15.8 Å². The second kappa shape index (κ2) is 5.50. The van der Waals surface area contributed by atoms with Gasteiger partial charge < -0.3 is 0 Å². The molecule has 0 bridgehead atoms. The molecule has 100 valence electrons. The van der Waals surface area contributed by atoms with Gasteiger partial charge in [-0.1, -0.05) is 23.7 Å². The first-order valence-corrected chi connectivity index (χ1v) is 7.20. The summed E-state index contributed by atoms with van der Waals surface area (Å²) in [5.74, 6) is -0.617. The maximum atomic E-state index is 12.7. The number of aromatic nitrogens is 2. The predicted octanol–water partition coefficient (Wildman–Crippen LogP) is 2.21. The molecular formula is C11H9ClFN3O2S. The summed E-state index contributed by atoms with van der Waals surface area (Å²) in [5, 5.41) is 0.134. The SMILES string of the molecule is O=S(=O)(Cc1ccc(F)cc1)Nc1cc(Cl)ncn1. The molecule has 1 aromatic carbocycles. The Kier molecular flexibility index (Phi) is 3.96. The number of rotatable bonds is 4. The van der Waals surface area contributed by atoms with Crippen LogP contribution in [0.15, 0.2) is 36.7 Å². The van der Waals surface area contributed by atoms with Crippen molar-refractivity contribution < 1.29 is 12.8 Å². The lowest BCUT2D eigenvalue weighted by atomic mass is 10.2. The van der Waals surface area contributed by atoms with Crippen LogP contribution >= 0.6 is 11.6 Å². The maximum Gasteiger partial charge on any atom is 0.238 e. The van der Waals surface area contributed by atoms with Gasteiger partial charge in [0.05, 0.1) is 5.75 Å². The minimum absolute atomic E-state index is 0.0853. The number of nitrogens with zero attached hydrogens (tertiary/aromatic N) is 2. The quantitative estimate of drug-likeness (QED) is 0.879. The van der Waals surface area contributed by atoms with Crippen LogP contribution in [0.5, 0.6) is 0 Å². The van der Waals surface area contributed by atoms with Crippen molar-refractivity contribution in [3.63, 3.8) is 0 Å². The normalized spacial score (nSPS) is 11.3. The van der Waals surface area contributed by atoms with Gasteiger partial charge in [0.15, 0.2) is 0 Å². The fourth-order valence-electron chi connectivity index (χ4n) is 1.38. The van der Waals surface area contributed by atoms with Crippen LogP contribution in [0.2, 0.25) is 5.15 Å². The number of anilines is 1. The molecule has 0 spiro atoms. The van der Waals surface area contributed by atoms with Crippen molar-refractivity contribution in [3.05, 3.63) is 53.2 Å². The smallest absolute Gasteiger partial charge is 0.238 e. The van der Waals surface area contributed by atoms with Crippen LogP contribution in [0.1, 0.15) is 5.56 Å². The summed E-state index contributed by atoms with van der Waals surface area (Å²) in [6.45, 7) is 0. The standard InChI is InChI=1S/C11H9ClFN3O2S/c12-10-5-11(15-7-14-10)16-19(17,18)6-8-1-3-9(13)4-2-8/h1-5,7H,6H2,(H,14,15,16). The molecule has 2 rings (SSSR count). The molecule has 0 saturated heterocycles. The molecule has 1 N–H and O–H groups in total. The van der Waals surface area contributed by atoms with Gasteiger partial charge in [0.1, 0.15) is 23.1 Å². The Morgan fingerprint density at radius 3 is 2.53 bits per heavy atom. The Hall–Kier alpha value is -1.73. The van der Waals surface area contributed by atoms with Crippen LogP contribution in [-0.2, 0) is 15.8 Å². The molecule has 1 aromatic heterocycles. The number of hydrogen-bond acceptors (Lipinski definition) is 4. The van der Waals surface area contributed by atoms with Crippen molar-refractivity contribution in [1.82, 2.24) is 9.97 Å². The van der Waals surface area contributed by atoms with Gasteiger partial charge in [0.25, 0.3) is 0 Å². The highest BCUT2D eigenvalue weighted by Crippen LogP contribution is 2.13. The molecule has 0 aliphatic rings. The fourth-order valence-corrected chi connectivity index (χ4v) is 2.67. The summed E-state index contributed by atoms with van der Waals surface area (Å²) < 4.78 is 38.7. The number of benzene rings is 1. The van der Waals surface area contributed by atoms with E-state index in [-0.39, 0.29) is 16.7 Å². The minimum Gasteiger partial charge on any atom is -0.267 e. The summed E-state index contributed by atoms with van der Waals surface area (Å²) >= 11 is 5.62. The van der Waals surface area contributed by atoms with E-state index in [1.54, 1.807) is 0 Å². The predicted molar refractivity (Wildman–Crippen MR) is 69.7 cm³/mol. The summed E-state index contributed by atoms with van der Waals surface area (Å²) in [6, 6.07) is 6.51. The highest BCUT2D eigenvalue weighted by atomic mass is 35.5. The van der Waals surface area contributed by atoms with Gasteiger partial charge >= 0.3 is 0 Å². The zero-order valence-electron chi connectivity index (χ0n) is 9.55. The lowest BCUT2D eigenvalue weighted by molar-refractivity contribution is 0.599. The van der Waals surface area contributed by atoms with Crippen molar-refractivity contribution in [3.8, 4) is 0 Å². The third-order valence-corrected chi connectivity index (χ3v) is 3.60. The molecule has 0 fully saturated rings. The van der Waals surface area contributed by atoms with Crippen LogP contribution in [0.3, 0.4) is 0 Å². The molecule has 0 aliphatic heterocycles. The molecule has 19 heavy (non-hydrogen) atoms. The van der Waals surface area contributed by atoms with Crippen molar-refractivity contribution in [2.45, 2.75) is 5.75 Å². The maximum absolute atomic E-state index is 12.7. The highest BCUT2D eigenvalue weighted by Gasteiger charge is 2.12. The van der Waals surface area contributed by atoms with Gasteiger partial charge in [0, 0.05) is 6.07 Å². The monoisotopic (exact) mass is 301 g/mol. The van der Waals surface area contributed by atoms with E-state index >= 15 is 0 Å². The Labute approximate surface area is 114 Å². The van der Waals surface area contributed by atoms with E-state index in [1.807, 2.05) is 0 Å². The van der Waals surface area contributed by atoms with Gasteiger partial charge in [-0.25, -0.2) is 22.8 Å². The minimum atomic E-state index is -3.64. The summed E-state index contributed by atoms with van der Waals surface area (Å²) in [4.78, 5) is 7.38.